The first-order chi connectivity index (χ1) is 30.5. The number of hydrogen-bond donors (Lipinski definition) is 0. The summed E-state index contributed by atoms with van der Waals surface area (Å²) in [5.41, 5.74) is 0. The highest BCUT2D eigenvalue weighted by molar-refractivity contribution is 5.71. The van der Waals surface area contributed by atoms with E-state index < -0.39 is 6.10 Å². The minimum absolute atomic E-state index is 0.0883. The van der Waals surface area contributed by atoms with Gasteiger partial charge in [0.05, 0.1) is 0 Å². The lowest BCUT2D eigenvalue weighted by molar-refractivity contribution is -0.166. The molecule has 0 saturated carbocycles. The third-order valence-electron chi connectivity index (χ3n) is 11.9. The van der Waals surface area contributed by atoms with E-state index in [1.807, 2.05) is 6.08 Å². The summed E-state index contributed by atoms with van der Waals surface area (Å²) in [4.78, 5) is 38.0. The maximum absolute atomic E-state index is 12.8. The quantitative estimate of drug-likeness (QED) is 0.0262. The van der Waals surface area contributed by atoms with E-state index >= 15 is 0 Å². The van der Waals surface area contributed by atoms with Crippen LogP contribution in [0.2, 0.25) is 0 Å². The van der Waals surface area contributed by atoms with Crippen LogP contribution in [0.5, 0.6) is 0 Å². The number of carbonyl (C=O) groups excluding carboxylic acids is 3. The summed E-state index contributed by atoms with van der Waals surface area (Å²) in [6, 6.07) is 0. The first-order valence-corrected chi connectivity index (χ1v) is 27.0. The molecule has 362 valence electrons. The van der Waals surface area contributed by atoms with Crippen LogP contribution in [-0.2, 0) is 28.6 Å². The SMILES string of the molecule is CCCCCCCC/C=C\C/C=C\CCC(=O)OCC(COC(=O)CCCCCCCCC/C=C\CCCCCCCC)OC(=O)CCCCCCCCCCCCCCCC. The third kappa shape index (κ3) is 48.7. The van der Waals surface area contributed by atoms with Gasteiger partial charge in [0.2, 0.25) is 0 Å². The second kappa shape index (κ2) is 51.3. The molecule has 6 nitrogen and oxygen atoms in total. The highest BCUT2D eigenvalue weighted by Crippen LogP contribution is 2.15. The minimum atomic E-state index is -0.792. The van der Waals surface area contributed by atoms with Crippen LogP contribution in [0.4, 0.5) is 0 Å². The van der Waals surface area contributed by atoms with Crippen molar-refractivity contribution in [3.63, 3.8) is 0 Å². The average molecular weight is 871 g/mol. The lowest BCUT2D eigenvalue weighted by atomic mass is 10.0. The molecule has 0 aromatic carbocycles. The van der Waals surface area contributed by atoms with E-state index in [0.29, 0.717) is 19.3 Å². The molecule has 1 atom stereocenters. The summed E-state index contributed by atoms with van der Waals surface area (Å²) < 4.78 is 16.8. The van der Waals surface area contributed by atoms with Crippen molar-refractivity contribution in [3.05, 3.63) is 36.5 Å². The van der Waals surface area contributed by atoms with Gasteiger partial charge in [0.1, 0.15) is 13.2 Å². The predicted molar refractivity (Wildman–Crippen MR) is 266 cm³/mol. The van der Waals surface area contributed by atoms with Gasteiger partial charge in [-0.15, -0.1) is 0 Å². The van der Waals surface area contributed by atoms with Crippen molar-refractivity contribution in [2.24, 2.45) is 0 Å². The fourth-order valence-electron chi connectivity index (χ4n) is 7.79. The molecule has 0 aliphatic carbocycles. The molecule has 1 unspecified atom stereocenters. The van der Waals surface area contributed by atoms with E-state index in [4.69, 9.17) is 14.2 Å². The van der Waals surface area contributed by atoms with Gasteiger partial charge in [-0.2, -0.15) is 0 Å². The minimum Gasteiger partial charge on any atom is -0.462 e. The molecule has 0 saturated heterocycles. The Kier molecular flexibility index (Phi) is 49.3. The van der Waals surface area contributed by atoms with Crippen LogP contribution in [0.3, 0.4) is 0 Å². The molecule has 0 aliphatic rings. The Hall–Kier alpha value is -2.37. The number of esters is 3. The largest absolute Gasteiger partial charge is 0.462 e. The summed E-state index contributed by atoms with van der Waals surface area (Å²) in [6.45, 7) is 6.60. The smallest absolute Gasteiger partial charge is 0.306 e. The van der Waals surface area contributed by atoms with Crippen molar-refractivity contribution in [1.82, 2.24) is 0 Å². The van der Waals surface area contributed by atoms with Crippen molar-refractivity contribution in [2.45, 2.75) is 290 Å². The van der Waals surface area contributed by atoms with Gasteiger partial charge >= 0.3 is 17.9 Å². The fourth-order valence-corrected chi connectivity index (χ4v) is 7.79. The van der Waals surface area contributed by atoms with E-state index in [9.17, 15) is 14.4 Å². The van der Waals surface area contributed by atoms with Crippen LogP contribution >= 0.6 is 0 Å². The number of carbonyl (C=O) groups is 3. The van der Waals surface area contributed by atoms with Crippen LogP contribution in [0.25, 0.3) is 0 Å². The molecule has 0 amide bonds. The monoisotopic (exact) mass is 871 g/mol. The predicted octanol–water partition coefficient (Wildman–Crippen LogP) is 17.7. The highest BCUT2D eigenvalue weighted by atomic mass is 16.6. The summed E-state index contributed by atoms with van der Waals surface area (Å²) in [5.74, 6) is -0.950. The van der Waals surface area contributed by atoms with Crippen molar-refractivity contribution in [1.29, 1.82) is 0 Å². The molecule has 0 radical (unpaired) electrons. The van der Waals surface area contributed by atoms with E-state index in [0.717, 1.165) is 51.4 Å². The molecule has 0 fully saturated rings. The molecular formula is C56H102O6. The van der Waals surface area contributed by atoms with Gasteiger partial charge in [-0.3, -0.25) is 14.4 Å². The Morgan fingerprint density at radius 2 is 0.613 bits per heavy atom. The van der Waals surface area contributed by atoms with Gasteiger partial charge in [-0.25, -0.2) is 0 Å². The Balaban J connectivity index is 4.39. The lowest BCUT2D eigenvalue weighted by Crippen LogP contribution is -2.30. The van der Waals surface area contributed by atoms with Crippen LogP contribution in [0.1, 0.15) is 284 Å². The van der Waals surface area contributed by atoms with Gasteiger partial charge in [0.15, 0.2) is 6.10 Å². The Labute approximate surface area is 385 Å². The van der Waals surface area contributed by atoms with Crippen LogP contribution < -0.4 is 0 Å². The molecular weight excluding hydrogens is 769 g/mol. The van der Waals surface area contributed by atoms with E-state index in [1.54, 1.807) is 0 Å². The zero-order valence-electron chi connectivity index (χ0n) is 41.4. The summed E-state index contributed by atoms with van der Waals surface area (Å²) >= 11 is 0. The topological polar surface area (TPSA) is 78.9 Å². The van der Waals surface area contributed by atoms with E-state index in [-0.39, 0.29) is 37.5 Å². The summed E-state index contributed by atoms with van der Waals surface area (Å²) in [7, 11) is 0. The number of hydrogen-bond acceptors (Lipinski definition) is 6. The van der Waals surface area contributed by atoms with Crippen LogP contribution in [0.15, 0.2) is 36.5 Å². The molecule has 0 heterocycles. The molecule has 0 aromatic heterocycles. The maximum Gasteiger partial charge on any atom is 0.306 e. The second-order valence-electron chi connectivity index (χ2n) is 18.1. The molecule has 0 aliphatic heterocycles. The Morgan fingerprint density at radius 1 is 0.323 bits per heavy atom. The van der Waals surface area contributed by atoms with Gasteiger partial charge in [0.25, 0.3) is 0 Å². The lowest BCUT2D eigenvalue weighted by Gasteiger charge is -2.18. The Bertz CT molecular complexity index is 1050. The van der Waals surface area contributed by atoms with Crippen molar-refractivity contribution < 1.29 is 28.6 Å². The third-order valence-corrected chi connectivity index (χ3v) is 11.9. The van der Waals surface area contributed by atoms with Crippen LogP contribution in [0, 0.1) is 0 Å². The molecule has 0 bridgehead atoms. The zero-order chi connectivity index (χ0) is 45.1. The fraction of sp³-hybridized carbons (Fsp3) is 0.839. The van der Waals surface area contributed by atoms with Crippen molar-refractivity contribution >= 4 is 17.9 Å². The second-order valence-corrected chi connectivity index (χ2v) is 18.1. The molecule has 6 heteroatoms. The number of unbranched alkanes of at least 4 members (excludes halogenated alkanes) is 32. The number of rotatable bonds is 49. The molecule has 0 spiro atoms. The van der Waals surface area contributed by atoms with Gasteiger partial charge < -0.3 is 14.2 Å². The molecule has 0 N–H and O–H groups in total. The van der Waals surface area contributed by atoms with E-state index in [1.165, 1.54) is 186 Å². The van der Waals surface area contributed by atoms with Gasteiger partial charge in [-0.05, 0) is 64.2 Å². The summed E-state index contributed by atoms with van der Waals surface area (Å²) in [5, 5.41) is 0. The molecule has 0 rings (SSSR count). The first kappa shape index (κ1) is 59.6. The van der Waals surface area contributed by atoms with Crippen molar-refractivity contribution in [2.75, 3.05) is 13.2 Å². The normalized spacial score (nSPS) is 12.2. The van der Waals surface area contributed by atoms with Gasteiger partial charge in [0, 0.05) is 19.3 Å². The summed E-state index contributed by atoms with van der Waals surface area (Å²) in [6.07, 6.45) is 60.0. The zero-order valence-corrected chi connectivity index (χ0v) is 41.4. The number of ether oxygens (including phenoxy) is 3. The van der Waals surface area contributed by atoms with Crippen molar-refractivity contribution in [3.8, 4) is 0 Å². The van der Waals surface area contributed by atoms with Gasteiger partial charge in [-0.1, -0.05) is 237 Å². The van der Waals surface area contributed by atoms with E-state index in [2.05, 4.69) is 51.2 Å². The number of allylic oxidation sites excluding steroid dienone is 6. The van der Waals surface area contributed by atoms with Crippen LogP contribution in [-0.4, -0.2) is 37.2 Å². The maximum atomic E-state index is 12.8. The molecule has 0 aromatic rings. The Morgan fingerprint density at radius 3 is 1.00 bits per heavy atom. The first-order valence-electron chi connectivity index (χ1n) is 27.0. The molecule has 62 heavy (non-hydrogen) atoms. The standard InChI is InChI=1S/C56H102O6/c1-4-7-10-13-16-19-22-25-27-28-29-32-34-37-40-43-46-49-55(58)61-52-53(51-60-54(57)48-45-42-39-36-33-30-24-21-18-15-12-9-6-3)62-56(59)50-47-44-41-38-35-31-26-23-20-17-14-11-8-5-2/h25,27,30,33,39,42,53H,4-24,26,28-29,31-32,34-38,40-41,43-52H2,1-3H3/b27-25-,33-30-,42-39-. The average Bonchev–Trinajstić information content (AvgIpc) is 3.27. The highest BCUT2D eigenvalue weighted by Gasteiger charge is 2.19.